The average Bonchev–Trinajstić information content (AvgIpc) is 2.99. The van der Waals surface area contributed by atoms with Crippen LogP contribution in [0.1, 0.15) is 11.7 Å². The minimum atomic E-state index is -4.77. The quantitative estimate of drug-likeness (QED) is 0.377. The third-order valence-corrected chi connectivity index (χ3v) is 4.59. The van der Waals surface area contributed by atoms with Crippen molar-refractivity contribution in [3.8, 4) is 11.3 Å². The molecule has 11 heteroatoms. The lowest BCUT2D eigenvalue weighted by Gasteiger charge is -2.38. The Balaban J connectivity index is 1.73. The van der Waals surface area contributed by atoms with Crippen LogP contribution < -0.4 is 0 Å². The molecule has 1 fully saturated rings. The Morgan fingerprint density at radius 2 is 1.93 bits per heavy atom. The van der Waals surface area contributed by atoms with Crippen LogP contribution in [-0.2, 0) is 11.0 Å². The minimum absolute atomic E-state index is 0.0755. The van der Waals surface area contributed by atoms with Crippen LogP contribution in [0.25, 0.3) is 22.3 Å². The van der Waals surface area contributed by atoms with E-state index in [2.05, 4.69) is 21.6 Å². The molecule has 1 aliphatic rings. The number of aromatic nitrogens is 4. The summed E-state index contributed by atoms with van der Waals surface area (Å²) in [5.74, 6) is -3.22. The van der Waals surface area contributed by atoms with Gasteiger partial charge in [-0.2, -0.15) is 22.7 Å². The highest BCUT2D eigenvalue weighted by molar-refractivity contribution is 5.92. The van der Waals surface area contributed by atoms with Gasteiger partial charge in [0.05, 0.1) is 11.6 Å². The van der Waals surface area contributed by atoms with E-state index in [1.165, 1.54) is 15.8 Å². The number of halogens is 5. The van der Waals surface area contributed by atoms with Gasteiger partial charge >= 0.3 is 6.18 Å². The standard InChI is InChI=1S/C18H12F5N5O/c1-9(19)17(29)27-7-10(8-27)28-16-12(3-2-6-24-16)14(26-28)11-4-5-13(18(21,22)23)25-15(11)20/h2-6,10H,1,7-8H2. The molecule has 29 heavy (non-hydrogen) atoms. The molecule has 0 atom stereocenters. The van der Waals surface area contributed by atoms with E-state index in [1.54, 1.807) is 12.1 Å². The molecule has 0 aliphatic carbocycles. The van der Waals surface area contributed by atoms with Gasteiger partial charge in [0, 0.05) is 24.7 Å². The minimum Gasteiger partial charge on any atom is -0.332 e. The molecule has 4 rings (SSSR count). The zero-order valence-corrected chi connectivity index (χ0v) is 14.6. The Labute approximate surface area is 160 Å². The molecule has 3 aromatic rings. The van der Waals surface area contributed by atoms with Crippen LogP contribution in [0.5, 0.6) is 0 Å². The van der Waals surface area contributed by atoms with Crippen molar-refractivity contribution >= 4 is 16.9 Å². The van der Waals surface area contributed by atoms with Gasteiger partial charge in [0.2, 0.25) is 5.95 Å². The predicted octanol–water partition coefficient (Wildman–Crippen LogP) is 3.52. The zero-order valence-electron chi connectivity index (χ0n) is 14.6. The normalized spacial score (nSPS) is 14.9. The largest absolute Gasteiger partial charge is 0.433 e. The number of nitrogens with zero attached hydrogens (tertiary/aromatic N) is 5. The molecule has 0 N–H and O–H groups in total. The lowest BCUT2D eigenvalue weighted by Crippen LogP contribution is -2.51. The topological polar surface area (TPSA) is 63.9 Å². The zero-order chi connectivity index (χ0) is 20.9. The number of carbonyl (C=O) groups is 1. The second-order valence-corrected chi connectivity index (χ2v) is 6.47. The molecule has 3 aromatic heterocycles. The predicted molar refractivity (Wildman–Crippen MR) is 91.6 cm³/mol. The van der Waals surface area contributed by atoms with Crippen LogP contribution in [0, 0.1) is 5.95 Å². The van der Waals surface area contributed by atoms with E-state index in [0.717, 1.165) is 6.07 Å². The molecule has 1 aliphatic heterocycles. The number of amides is 1. The van der Waals surface area contributed by atoms with Crippen molar-refractivity contribution in [2.45, 2.75) is 12.2 Å². The fourth-order valence-corrected chi connectivity index (χ4v) is 3.14. The van der Waals surface area contributed by atoms with Crippen LogP contribution in [0.2, 0.25) is 0 Å². The third-order valence-electron chi connectivity index (χ3n) is 4.59. The van der Waals surface area contributed by atoms with Gasteiger partial charge in [-0.25, -0.2) is 19.0 Å². The molecule has 6 nitrogen and oxygen atoms in total. The molecule has 4 heterocycles. The summed E-state index contributed by atoms with van der Waals surface area (Å²) in [6.07, 6.45) is -3.29. The van der Waals surface area contributed by atoms with Crippen LogP contribution in [0.3, 0.4) is 0 Å². The highest BCUT2D eigenvalue weighted by atomic mass is 19.4. The molecule has 0 spiro atoms. The number of fused-ring (bicyclic) bond motifs is 1. The highest BCUT2D eigenvalue weighted by Crippen LogP contribution is 2.34. The van der Waals surface area contributed by atoms with Crippen molar-refractivity contribution in [1.29, 1.82) is 0 Å². The molecule has 1 amide bonds. The summed E-state index contributed by atoms with van der Waals surface area (Å²) in [4.78, 5) is 20.0. The molecular formula is C18H12F5N5O. The lowest BCUT2D eigenvalue weighted by atomic mass is 10.1. The van der Waals surface area contributed by atoms with E-state index in [4.69, 9.17) is 0 Å². The number of hydrogen-bond donors (Lipinski definition) is 0. The Morgan fingerprint density at radius 3 is 2.55 bits per heavy atom. The van der Waals surface area contributed by atoms with Gasteiger partial charge in [0.15, 0.2) is 11.5 Å². The maximum Gasteiger partial charge on any atom is 0.433 e. The first-order valence-corrected chi connectivity index (χ1v) is 8.38. The van der Waals surface area contributed by atoms with Gasteiger partial charge in [0.1, 0.15) is 11.4 Å². The van der Waals surface area contributed by atoms with E-state index >= 15 is 0 Å². The second kappa shape index (κ2) is 6.61. The van der Waals surface area contributed by atoms with E-state index in [0.29, 0.717) is 17.1 Å². The molecule has 1 saturated heterocycles. The van der Waals surface area contributed by atoms with Crippen molar-refractivity contribution in [1.82, 2.24) is 24.6 Å². The maximum atomic E-state index is 14.4. The Kier molecular flexibility index (Phi) is 4.32. The third kappa shape index (κ3) is 3.22. The van der Waals surface area contributed by atoms with Gasteiger partial charge in [0.25, 0.3) is 5.91 Å². The molecular weight excluding hydrogens is 397 g/mol. The van der Waals surface area contributed by atoms with Crippen LogP contribution in [-0.4, -0.2) is 43.6 Å². The molecule has 0 saturated carbocycles. The lowest BCUT2D eigenvalue weighted by molar-refractivity contribution is -0.141. The number of pyridine rings is 2. The molecule has 150 valence electrons. The Morgan fingerprint density at radius 1 is 1.21 bits per heavy atom. The van der Waals surface area contributed by atoms with E-state index < -0.39 is 29.6 Å². The first-order chi connectivity index (χ1) is 13.7. The number of alkyl halides is 3. The summed E-state index contributed by atoms with van der Waals surface area (Å²) in [7, 11) is 0. The summed E-state index contributed by atoms with van der Waals surface area (Å²) < 4.78 is 67.1. The van der Waals surface area contributed by atoms with Crippen molar-refractivity contribution in [2.75, 3.05) is 13.1 Å². The van der Waals surface area contributed by atoms with Gasteiger partial charge in [-0.3, -0.25) is 4.79 Å². The smallest absolute Gasteiger partial charge is 0.332 e. The monoisotopic (exact) mass is 409 g/mol. The van der Waals surface area contributed by atoms with E-state index in [-0.39, 0.29) is 30.4 Å². The fraction of sp³-hybridized carbons (Fsp3) is 0.222. The van der Waals surface area contributed by atoms with Crippen LogP contribution in [0.15, 0.2) is 42.9 Å². The number of likely N-dealkylation sites (tertiary alicyclic amines) is 1. The van der Waals surface area contributed by atoms with Gasteiger partial charge < -0.3 is 4.90 Å². The van der Waals surface area contributed by atoms with E-state index in [9.17, 15) is 26.7 Å². The van der Waals surface area contributed by atoms with Gasteiger partial charge in [-0.05, 0) is 24.3 Å². The fourth-order valence-electron chi connectivity index (χ4n) is 3.14. The first kappa shape index (κ1) is 19.0. The molecule has 0 radical (unpaired) electrons. The number of hydrogen-bond acceptors (Lipinski definition) is 4. The first-order valence-electron chi connectivity index (χ1n) is 8.38. The van der Waals surface area contributed by atoms with Crippen molar-refractivity contribution in [3.05, 3.63) is 54.5 Å². The van der Waals surface area contributed by atoms with Gasteiger partial charge in [-0.1, -0.05) is 6.58 Å². The van der Waals surface area contributed by atoms with Crippen LogP contribution >= 0.6 is 0 Å². The average molecular weight is 409 g/mol. The summed E-state index contributed by atoms with van der Waals surface area (Å²) in [5.41, 5.74) is -1.12. The maximum absolute atomic E-state index is 14.4. The molecule has 0 aromatic carbocycles. The molecule has 0 bridgehead atoms. The summed E-state index contributed by atoms with van der Waals surface area (Å²) in [6, 6.07) is 4.47. The Bertz CT molecular complexity index is 1130. The summed E-state index contributed by atoms with van der Waals surface area (Å²) >= 11 is 0. The van der Waals surface area contributed by atoms with Gasteiger partial charge in [-0.15, -0.1) is 0 Å². The van der Waals surface area contributed by atoms with E-state index in [1.807, 2.05) is 0 Å². The number of rotatable bonds is 3. The highest BCUT2D eigenvalue weighted by Gasteiger charge is 2.36. The second-order valence-electron chi connectivity index (χ2n) is 6.47. The molecule has 0 unspecified atom stereocenters. The number of carbonyl (C=O) groups excluding carboxylic acids is 1. The summed E-state index contributed by atoms with van der Waals surface area (Å²) in [5, 5.41) is 4.72. The van der Waals surface area contributed by atoms with Crippen molar-refractivity contribution in [3.63, 3.8) is 0 Å². The summed E-state index contributed by atoms with van der Waals surface area (Å²) in [6.45, 7) is 3.24. The van der Waals surface area contributed by atoms with Crippen molar-refractivity contribution in [2.24, 2.45) is 0 Å². The van der Waals surface area contributed by atoms with Crippen molar-refractivity contribution < 1.29 is 26.7 Å². The van der Waals surface area contributed by atoms with Crippen LogP contribution in [0.4, 0.5) is 22.0 Å². The Hall–Kier alpha value is -3.37. The SMILES string of the molecule is C=C(F)C(=O)N1CC(n2nc(-c3ccc(C(F)(F)F)nc3F)c3cccnc32)C1.